The lowest BCUT2D eigenvalue weighted by molar-refractivity contribution is -0.384. The van der Waals surface area contributed by atoms with Gasteiger partial charge in [0.15, 0.2) is 0 Å². The van der Waals surface area contributed by atoms with Gasteiger partial charge in [-0.15, -0.1) is 0 Å². The lowest BCUT2D eigenvalue weighted by atomic mass is 10.2. The highest BCUT2D eigenvalue weighted by atomic mass is 16.6. The van der Waals surface area contributed by atoms with E-state index in [1.165, 1.54) is 6.07 Å². The van der Waals surface area contributed by atoms with Crippen LogP contribution in [0.5, 0.6) is 0 Å². The second-order valence-electron chi connectivity index (χ2n) is 6.53. The molecule has 0 fully saturated rings. The fraction of sp³-hybridized carbons (Fsp3) is 0.0526. The van der Waals surface area contributed by atoms with Crippen molar-refractivity contribution in [3.63, 3.8) is 0 Å². The van der Waals surface area contributed by atoms with Gasteiger partial charge in [0.1, 0.15) is 22.7 Å². The van der Waals surface area contributed by atoms with Crippen LogP contribution in [0.3, 0.4) is 0 Å². The van der Waals surface area contributed by atoms with Gasteiger partial charge in [-0.25, -0.2) is 9.97 Å². The second kappa shape index (κ2) is 7.13. The number of pyridine rings is 1. The van der Waals surface area contributed by atoms with Crippen molar-refractivity contribution in [2.24, 2.45) is 0 Å². The summed E-state index contributed by atoms with van der Waals surface area (Å²) in [4.78, 5) is 23.1. The van der Waals surface area contributed by atoms with Crippen molar-refractivity contribution >= 4 is 45.1 Å². The van der Waals surface area contributed by atoms with Crippen molar-refractivity contribution < 1.29 is 4.92 Å². The third kappa shape index (κ3) is 3.35. The van der Waals surface area contributed by atoms with Gasteiger partial charge in [0.2, 0.25) is 5.82 Å². The van der Waals surface area contributed by atoms with Crippen molar-refractivity contribution in [1.29, 1.82) is 0 Å². The van der Waals surface area contributed by atoms with Gasteiger partial charge in [0, 0.05) is 11.8 Å². The molecule has 148 valence electrons. The molecule has 4 N–H and O–H groups in total. The molecule has 3 aromatic heterocycles. The predicted octanol–water partition coefficient (Wildman–Crippen LogP) is 3.49. The molecule has 0 amide bonds. The van der Waals surface area contributed by atoms with Crippen molar-refractivity contribution in [2.45, 2.75) is 6.54 Å². The summed E-state index contributed by atoms with van der Waals surface area (Å²) in [5, 5.41) is 28.1. The third-order valence-corrected chi connectivity index (χ3v) is 4.53. The van der Waals surface area contributed by atoms with Crippen molar-refractivity contribution in [2.75, 3.05) is 10.6 Å². The zero-order valence-electron chi connectivity index (χ0n) is 15.5. The average molecular weight is 401 g/mol. The normalized spacial score (nSPS) is 11.1. The maximum absolute atomic E-state index is 11.4. The van der Waals surface area contributed by atoms with E-state index in [-0.39, 0.29) is 11.5 Å². The number of rotatable bonds is 6. The summed E-state index contributed by atoms with van der Waals surface area (Å²) in [5.41, 5.74) is 3.63. The van der Waals surface area contributed by atoms with E-state index in [0.717, 1.165) is 16.9 Å². The van der Waals surface area contributed by atoms with Crippen LogP contribution in [0.2, 0.25) is 0 Å². The van der Waals surface area contributed by atoms with Gasteiger partial charge in [-0.3, -0.25) is 10.1 Å². The van der Waals surface area contributed by atoms with E-state index in [0.29, 0.717) is 29.1 Å². The van der Waals surface area contributed by atoms with E-state index in [9.17, 15) is 10.1 Å². The Bertz CT molecular complexity index is 1340. The summed E-state index contributed by atoms with van der Waals surface area (Å²) < 4.78 is 0. The lowest BCUT2D eigenvalue weighted by Crippen LogP contribution is -2.06. The highest BCUT2D eigenvalue weighted by Gasteiger charge is 2.17. The number of hydrogen-bond donors (Lipinski definition) is 4. The first-order chi connectivity index (χ1) is 14.7. The Kier molecular flexibility index (Phi) is 4.17. The summed E-state index contributed by atoms with van der Waals surface area (Å²) in [6.45, 7) is 0.393. The fourth-order valence-electron chi connectivity index (χ4n) is 3.11. The number of benzene rings is 2. The van der Waals surface area contributed by atoms with Crippen LogP contribution in [0.15, 0.2) is 54.6 Å². The molecule has 0 saturated heterocycles. The Morgan fingerprint density at radius 1 is 0.967 bits per heavy atom. The first-order valence-electron chi connectivity index (χ1n) is 9.06. The molecule has 11 heteroatoms. The minimum absolute atomic E-state index is 0.123. The Hall–Kier alpha value is -4.54. The minimum atomic E-state index is -0.479. The molecule has 5 aromatic rings. The number of nitrogens with zero attached hydrogens (tertiary/aromatic N) is 5. The predicted molar refractivity (Wildman–Crippen MR) is 111 cm³/mol. The maximum Gasteiger partial charge on any atom is 0.311 e. The first-order valence-corrected chi connectivity index (χ1v) is 9.06. The van der Waals surface area contributed by atoms with E-state index >= 15 is 0 Å². The smallest absolute Gasteiger partial charge is 0.311 e. The van der Waals surface area contributed by atoms with E-state index in [4.69, 9.17) is 0 Å². The number of fused-ring (bicyclic) bond motifs is 2. The summed E-state index contributed by atoms with van der Waals surface area (Å²) in [5.74, 6) is 1.34. The second-order valence-corrected chi connectivity index (χ2v) is 6.53. The SMILES string of the molecule is O=[N+]([O-])c1ccc(NCc2nc3ccccc3[nH]2)nc1Nc1ccc2n[nH]nc2c1. The molecule has 3 heterocycles. The summed E-state index contributed by atoms with van der Waals surface area (Å²) in [6, 6.07) is 15.9. The van der Waals surface area contributed by atoms with E-state index in [2.05, 4.69) is 41.0 Å². The number of H-pyrrole nitrogens is 2. The Labute approximate surface area is 168 Å². The molecule has 0 aliphatic rings. The Morgan fingerprint density at radius 3 is 2.70 bits per heavy atom. The number of aromatic amines is 2. The van der Waals surface area contributed by atoms with Crippen molar-refractivity contribution in [3.8, 4) is 0 Å². The molecule has 30 heavy (non-hydrogen) atoms. The number of nitrogens with one attached hydrogen (secondary N) is 4. The number of imidazole rings is 1. The summed E-state index contributed by atoms with van der Waals surface area (Å²) in [7, 11) is 0. The molecule has 0 bridgehead atoms. The zero-order chi connectivity index (χ0) is 20.5. The van der Waals surface area contributed by atoms with Crippen molar-refractivity contribution in [3.05, 3.63) is 70.5 Å². The topological polar surface area (TPSA) is 150 Å². The third-order valence-electron chi connectivity index (χ3n) is 4.53. The van der Waals surface area contributed by atoms with Crippen LogP contribution in [-0.4, -0.2) is 35.3 Å². The Balaban J connectivity index is 1.39. The quantitative estimate of drug-likeness (QED) is 0.249. The van der Waals surface area contributed by atoms with E-state index in [1.807, 2.05) is 24.3 Å². The lowest BCUT2D eigenvalue weighted by Gasteiger charge is -2.09. The van der Waals surface area contributed by atoms with Crippen LogP contribution in [0.1, 0.15) is 5.82 Å². The standard InChI is InChI=1S/C19H15N9O2/c29-28(30)16-7-8-17(20-10-18-22-12-3-1-2-4-13(12)23-18)24-19(16)21-11-5-6-14-15(9-11)26-27-25-14/h1-9H,10H2,(H,22,23)(H2,20,21,24)(H,25,26,27). The number of hydrogen-bond acceptors (Lipinski definition) is 8. The molecule has 0 atom stereocenters. The number of aromatic nitrogens is 6. The minimum Gasteiger partial charge on any atom is -0.363 e. The van der Waals surface area contributed by atoms with Gasteiger partial charge in [-0.2, -0.15) is 15.4 Å². The number of para-hydroxylation sites is 2. The van der Waals surface area contributed by atoms with Crippen LogP contribution in [0, 0.1) is 10.1 Å². The zero-order valence-corrected chi connectivity index (χ0v) is 15.5. The van der Waals surface area contributed by atoms with Gasteiger partial charge < -0.3 is 15.6 Å². The maximum atomic E-state index is 11.4. The van der Waals surface area contributed by atoms with Crippen LogP contribution in [0.4, 0.5) is 23.0 Å². The Morgan fingerprint density at radius 2 is 1.83 bits per heavy atom. The first kappa shape index (κ1) is 17.6. The van der Waals surface area contributed by atoms with E-state index < -0.39 is 4.92 Å². The molecule has 0 spiro atoms. The molecule has 0 unspecified atom stereocenters. The summed E-state index contributed by atoms with van der Waals surface area (Å²) >= 11 is 0. The molecule has 0 aliphatic carbocycles. The number of anilines is 3. The molecular formula is C19H15N9O2. The van der Waals surface area contributed by atoms with Gasteiger partial charge in [-0.05, 0) is 36.4 Å². The monoisotopic (exact) mass is 401 g/mol. The molecular weight excluding hydrogens is 386 g/mol. The molecule has 0 radical (unpaired) electrons. The van der Waals surface area contributed by atoms with Gasteiger partial charge >= 0.3 is 5.69 Å². The largest absolute Gasteiger partial charge is 0.363 e. The van der Waals surface area contributed by atoms with Crippen molar-refractivity contribution in [1.82, 2.24) is 30.4 Å². The molecule has 5 rings (SSSR count). The van der Waals surface area contributed by atoms with Gasteiger partial charge in [0.05, 0.1) is 22.5 Å². The molecule has 0 aliphatic heterocycles. The van der Waals surface area contributed by atoms with E-state index in [1.54, 1.807) is 24.3 Å². The van der Waals surface area contributed by atoms with Crippen LogP contribution in [-0.2, 0) is 6.54 Å². The van der Waals surface area contributed by atoms with Gasteiger partial charge in [-0.1, -0.05) is 12.1 Å². The average Bonchev–Trinajstić information content (AvgIpc) is 3.38. The molecule has 11 nitrogen and oxygen atoms in total. The van der Waals surface area contributed by atoms with Gasteiger partial charge in [0.25, 0.3) is 0 Å². The highest BCUT2D eigenvalue weighted by Crippen LogP contribution is 2.28. The summed E-state index contributed by atoms with van der Waals surface area (Å²) in [6.07, 6.45) is 0. The molecule has 2 aromatic carbocycles. The molecule has 0 saturated carbocycles. The van der Waals surface area contributed by atoms with Crippen LogP contribution >= 0.6 is 0 Å². The number of nitro groups is 1. The fourth-order valence-corrected chi connectivity index (χ4v) is 3.11. The van der Waals surface area contributed by atoms with Crippen LogP contribution in [0.25, 0.3) is 22.1 Å². The highest BCUT2D eigenvalue weighted by molar-refractivity contribution is 5.80. The van der Waals surface area contributed by atoms with Crippen LogP contribution < -0.4 is 10.6 Å².